The standard InChI is InChI=1S/C21H35N3O4/c1-3-22-21(23-11-6-13-26-17-20-10-5-14-28-20)24-18-8-4-9-19(16-18)27-15-7-12-25-2/h4,8-9,16,20H,3,5-7,10-15,17H2,1-2H3,(H2,22,23,24). The largest absolute Gasteiger partial charge is 0.493 e. The maximum Gasteiger partial charge on any atom is 0.195 e. The lowest BCUT2D eigenvalue weighted by molar-refractivity contribution is 0.0171. The number of nitrogens with one attached hydrogen (secondary N) is 2. The summed E-state index contributed by atoms with van der Waals surface area (Å²) in [4.78, 5) is 4.62. The lowest BCUT2D eigenvalue weighted by Gasteiger charge is -2.13. The van der Waals surface area contributed by atoms with Gasteiger partial charge in [-0.2, -0.15) is 0 Å². The van der Waals surface area contributed by atoms with E-state index >= 15 is 0 Å². The van der Waals surface area contributed by atoms with Gasteiger partial charge in [0.05, 0.1) is 19.3 Å². The molecule has 158 valence electrons. The number of ether oxygens (including phenoxy) is 4. The summed E-state index contributed by atoms with van der Waals surface area (Å²) in [6, 6.07) is 7.90. The Kier molecular flexibility index (Phi) is 11.4. The van der Waals surface area contributed by atoms with Crippen molar-refractivity contribution in [3.8, 4) is 5.75 Å². The highest BCUT2D eigenvalue weighted by Crippen LogP contribution is 2.17. The summed E-state index contributed by atoms with van der Waals surface area (Å²) >= 11 is 0. The Hall–Kier alpha value is -1.83. The van der Waals surface area contributed by atoms with Crippen LogP contribution in [0, 0.1) is 0 Å². The molecule has 0 saturated carbocycles. The number of hydrogen-bond donors (Lipinski definition) is 2. The highest BCUT2D eigenvalue weighted by Gasteiger charge is 2.14. The second-order valence-electron chi connectivity index (χ2n) is 6.67. The third-order valence-electron chi connectivity index (χ3n) is 4.25. The van der Waals surface area contributed by atoms with Crippen molar-refractivity contribution in [2.45, 2.75) is 38.7 Å². The quantitative estimate of drug-likeness (QED) is 0.305. The third kappa shape index (κ3) is 9.39. The maximum atomic E-state index is 5.75. The van der Waals surface area contributed by atoms with E-state index in [2.05, 4.69) is 22.5 Å². The normalized spacial score (nSPS) is 16.9. The molecule has 1 atom stereocenters. The van der Waals surface area contributed by atoms with E-state index in [0.717, 1.165) is 56.2 Å². The van der Waals surface area contributed by atoms with Gasteiger partial charge in [-0.05, 0) is 38.3 Å². The fraction of sp³-hybridized carbons (Fsp3) is 0.667. The fourth-order valence-electron chi connectivity index (χ4n) is 2.85. The van der Waals surface area contributed by atoms with Crippen LogP contribution in [0.3, 0.4) is 0 Å². The van der Waals surface area contributed by atoms with Crippen LogP contribution in [-0.4, -0.2) is 65.3 Å². The Morgan fingerprint density at radius 1 is 1.25 bits per heavy atom. The average molecular weight is 394 g/mol. The monoisotopic (exact) mass is 393 g/mol. The van der Waals surface area contributed by atoms with E-state index in [4.69, 9.17) is 18.9 Å². The van der Waals surface area contributed by atoms with Gasteiger partial charge in [-0.3, -0.25) is 4.99 Å². The van der Waals surface area contributed by atoms with Crippen molar-refractivity contribution in [1.29, 1.82) is 0 Å². The van der Waals surface area contributed by atoms with Gasteiger partial charge < -0.3 is 29.6 Å². The van der Waals surface area contributed by atoms with Crippen LogP contribution in [0.2, 0.25) is 0 Å². The number of guanidine groups is 1. The van der Waals surface area contributed by atoms with Gasteiger partial charge in [0.2, 0.25) is 0 Å². The molecule has 0 aromatic heterocycles. The van der Waals surface area contributed by atoms with Gasteiger partial charge in [-0.1, -0.05) is 6.07 Å². The number of nitrogens with zero attached hydrogens (tertiary/aromatic N) is 1. The van der Waals surface area contributed by atoms with E-state index in [1.165, 1.54) is 0 Å². The highest BCUT2D eigenvalue weighted by molar-refractivity contribution is 5.93. The summed E-state index contributed by atoms with van der Waals surface area (Å²) in [5.41, 5.74) is 0.943. The van der Waals surface area contributed by atoms with Crippen LogP contribution in [0.25, 0.3) is 0 Å². The number of anilines is 1. The molecular formula is C21H35N3O4. The zero-order valence-corrected chi connectivity index (χ0v) is 17.2. The van der Waals surface area contributed by atoms with Crippen LogP contribution in [0.1, 0.15) is 32.6 Å². The first-order chi connectivity index (χ1) is 13.8. The van der Waals surface area contributed by atoms with E-state index in [9.17, 15) is 0 Å². The summed E-state index contributed by atoms with van der Waals surface area (Å²) in [6.45, 7) is 7.16. The smallest absolute Gasteiger partial charge is 0.195 e. The Balaban J connectivity index is 1.71. The summed E-state index contributed by atoms with van der Waals surface area (Å²) in [5.74, 6) is 1.60. The Morgan fingerprint density at radius 2 is 2.18 bits per heavy atom. The zero-order chi connectivity index (χ0) is 19.9. The molecule has 1 saturated heterocycles. The number of aliphatic imine (C=N–C) groups is 1. The minimum absolute atomic E-state index is 0.284. The number of hydrogen-bond acceptors (Lipinski definition) is 5. The predicted molar refractivity (Wildman–Crippen MR) is 112 cm³/mol. The van der Waals surface area contributed by atoms with Gasteiger partial charge in [0.25, 0.3) is 0 Å². The Labute approximate surface area is 168 Å². The summed E-state index contributed by atoms with van der Waals surface area (Å²) < 4.78 is 22.0. The molecule has 1 fully saturated rings. The summed E-state index contributed by atoms with van der Waals surface area (Å²) in [6.07, 6.45) is 4.29. The van der Waals surface area contributed by atoms with E-state index in [-0.39, 0.29) is 6.10 Å². The van der Waals surface area contributed by atoms with Crippen molar-refractivity contribution >= 4 is 11.6 Å². The van der Waals surface area contributed by atoms with Crippen molar-refractivity contribution in [3.63, 3.8) is 0 Å². The molecule has 2 rings (SSSR count). The molecule has 1 aliphatic rings. The van der Waals surface area contributed by atoms with Crippen molar-refractivity contribution < 1.29 is 18.9 Å². The predicted octanol–water partition coefficient (Wildman–Crippen LogP) is 3.07. The van der Waals surface area contributed by atoms with Gasteiger partial charge in [-0.15, -0.1) is 0 Å². The topological polar surface area (TPSA) is 73.3 Å². The first-order valence-corrected chi connectivity index (χ1v) is 10.3. The summed E-state index contributed by atoms with van der Waals surface area (Å²) in [5, 5.41) is 6.60. The van der Waals surface area contributed by atoms with Gasteiger partial charge in [0.15, 0.2) is 5.96 Å². The molecule has 1 aromatic carbocycles. The SMILES string of the molecule is CCNC(=NCCCOCC1CCCO1)Nc1cccc(OCCCOC)c1. The fourth-order valence-corrected chi connectivity index (χ4v) is 2.85. The molecule has 2 N–H and O–H groups in total. The molecule has 1 heterocycles. The zero-order valence-electron chi connectivity index (χ0n) is 17.2. The molecule has 0 spiro atoms. The van der Waals surface area contributed by atoms with Gasteiger partial charge >= 0.3 is 0 Å². The molecule has 1 aromatic rings. The maximum absolute atomic E-state index is 5.75. The van der Waals surface area contributed by atoms with Crippen LogP contribution < -0.4 is 15.4 Å². The average Bonchev–Trinajstić information content (AvgIpc) is 3.22. The Bertz CT molecular complexity index is 562. The molecule has 0 bridgehead atoms. The first-order valence-electron chi connectivity index (χ1n) is 10.3. The molecule has 0 amide bonds. The number of benzene rings is 1. The van der Waals surface area contributed by atoms with Crippen LogP contribution >= 0.6 is 0 Å². The molecule has 1 unspecified atom stereocenters. The van der Waals surface area contributed by atoms with E-state index in [0.29, 0.717) is 33.0 Å². The number of methoxy groups -OCH3 is 1. The molecular weight excluding hydrogens is 358 g/mol. The van der Waals surface area contributed by atoms with Crippen LogP contribution in [0.15, 0.2) is 29.3 Å². The van der Waals surface area contributed by atoms with Gasteiger partial charge in [0, 0.05) is 58.2 Å². The van der Waals surface area contributed by atoms with Gasteiger partial charge in [0.1, 0.15) is 5.75 Å². The van der Waals surface area contributed by atoms with E-state index in [1.807, 2.05) is 24.3 Å². The molecule has 7 nitrogen and oxygen atoms in total. The number of rotatable bonds is 13. The molecule has 7 heteroatoms. The lowest BCUT2D eigenvalue weighted by atomic mass is 10.2. The molecule has 0 aliphatic carbocycles. The first kappa shape index (κ1) is 22.5. The molecule has 1 aliphatic heterocycles. The van der Waals surface area contributed by atoms with Crippen LogP contribution in [0.4, 0.5) is 5.69 Å². The lowest BCUT2D eigenvalue weighted by Crippen LogP contribution is -2.30. The molecule has 0 radical (unpaired) electrons. The van der Waals surface area contributed by atoms with Crippen LogP contribution in [-0.2, 0) is 14.2 Å². The second kappa shape index (κ2) is 14.2. The highest BCUT2D eigenvalue weighted by atomic mass is 16.5. The van der Waals surface area contributed by atoms with E-state index in [1.54, 1.807) is 7.11 Å². The minimum Gasteiger partial charge on any atom is -0.493 e. The summed E-state index contributed by atoms with van der Waals surface area (Å²) in [7, 11) is 1.70. The van der Waals surface area contributed by atoms with E-state index < -0.39 is 0 Å². The van der Waals surface area contributed by atoms with Crippen molar-refractivity contribution in [1.82, 2.24) is 5.32 Å². The second-order valence-corrected chi connectivity index (χ2v) is 6.67. The van der Waals surface area contributed by atoms with Crippen molar-refractivity contribution in [2.24, 2.45) is 4.99 Å². The Morgan fingerprint density at radius 3 is 2.96 bits per heavy atom. The molecule has 28 heavy (non-hydrogen) atoms. The third-order valence-corrected chi connectivity index (χ3v) is 4.25. The van der Waals surface area contributed by atoms with Gasteiger partial charge in [-0.25, -0.2) is 0 Å². The van der Waals surface area contributed by atoms with Crippen LogP contribution in [0.5, 0.6) is 5.75 Å². The minimum atomic E-state index is 0.284. The van der Waals surface area contributed by atoms with Crippen molar-refractivity contribution in [2.75, 3.05) is 58.6 Å². The van der Waals surface area contributed by atoms with Crippen molar-refractivity contribution in [3.05, 3.63) is 24.3 Å².